The van der Waals surface area contributed by atoms with Crippen LogP contribution in [0.1, 0.15) is 44.6 Å². The highest BCUT2D eigenvalue weighted by atomic mass is 32.2. The van der Waals surface area contributed by atoms with Gasteiger partial charge in [-0.25, -0.2) is 12.4 Å². The summed E-state index contributed by atoms with van der Waals surface area (Å²) in [5.74, 6) is 0. The molecule has 0 amide bonds. The molecule has 1 saturated heterocycles. The SMILES string of the molecule is Cc1ccc(S(=O)(=O)n2cc(B3OC(C)(C)C(C)(C)O3)c3cc(C)nc(C)c32)cc1. The highest BCUT2D eigenvalue weighted by molar-refractivity contribution is 7.90. The molecule has 3 aromatic rings. The predicted octanol–water partition coefficient (Wildman–Crippen LogP) is 3.50. The molecule has 4 rings (SSSR count). The number of benzene rings is 1. The molecule has 1 fully saturated rings. The molecule has 0 atom stereocenters. The zero-order chi connectivity index (χ0) is 22.1. The van der Waals surface area contributed by atoms with Crippen LogP contribution >= 0.6 is 0 Å². The van der Waals surface area contributed by atoms with E-state index in [2.05, 4.69) is 4.98 Å². The molecule has 8 heteroatoms. The summed E-state index contributed by atoms with van der Waals surface area (Å²) in [7, 11) is -4.49. The summed E-state index contributed by atoms with van der Waals surface area (Å²) in [5.41, 5.74) is 2.63. The Kier molecular flexibility index (Phi) is 4.69. The van der Waals surface area contributed by atoms with Crippen LogP contribution in [0.2, 0.25) is 0 Å². The quantitative estimate of drug-likeness (QED) is 0.600. The zero-order valence-electron chi connectivity index (χ0n) is 18.5. The maximum absolute atomic E-state index is 13.5. The Labute approximate surface area is 178 Å². The van der Waals surface area contributed by atoms with Crippen LogP contribution in [0.15, 0.2) is 41.4 Å². The van der Waals surface area contributed by atoms with Gasteiger partial charge in [0.05, 0.1) is 27.3 Å². The fourth-order valence-electron chi connectivity index (χ4n) is 3.75. The monoisotopic (exact) mass is 426 g/mol. The third-order valence-electron chi connectivity index (χ3n) is 6.17. The lowest BCUT2D eigenvalue weighted by atomic mass is 9.79. The van der Waals surface area contributed by atoms with Crippen LogP contribution in [0.25, 0.3) is 10.9 Å². The van der Waals surface area contributed by atoms with E-state index in [1.165, 1.54) is 3.97 Å². The molecule has 3 heterocycles. The smallest absolute Gasteiger partial charge is 0.399 e. The number of pyridine rings is 1. The summed E-state index contributed by atoms with van der Waals surface area (Å²) in [6.45, 7) is 13.6. The van der Waals surface area contributed by atoms with Gasteiger partial charge in [0, 0.05) is 22.7 Å². The Morgan fingerprint density at radius 1 is 0.967 bits per heavy atom. The summed E-state index contributed by atoms with van der Waals surface area (Å²) in [6.07, 6.45) is 1.62. The minimum absolute atomic E-state index is 0.227. The van der Waals surface area contributed by atoms with E-state index >= 15 is 0 Å². The normalized spacial score (nSPS) is 18.3. The number of aryl methyl sites for hydroxylation is 3. The molecule has 1 aliphatic heterocycles. The number of aromatic nitrogens is 2. The summed E-state index contributed by atoms with van der Waals surface area (Å²) < 4.78 is 40.8. The zero-order valence-corrected chi connectivity index (χ0v) is 19.3. The van der Waals surface area contributed by atoms with Gasteiger partial charge in [0.1, 0.15) is 0 Å². The van der Waals surface area contributed by atoms with Gasteiger partial charge in [0.15, 0.2) is 0 Å². The van der Waals surface area contributed by atoms with E-state index in [0.717, 1.165) is 16.6 Å². The van der Waals surface area contributed by atoms with Gasteiger partial charge in [0.25, 0.3) is 10.0 Å². The molecule has 2 aromatic heterocycles. The molecule has 0 saturated carbocycles. The van der Waals surface area contributed by atoms with E-state index in [4.69, 9.17) is 9.31 Å². The van der Waals surface area contributed by atoms with Gasteiger partial charge in [-0.05, 0) is 66.7 Å². The van der Waals surface area contributed by atoms with Crippen molar-refractivity contribution in [2.24, 2.45) is 0 Å². The number of rotatable bonds is 3. The highest BCUT2D eigenvalue weighted by Gasteiger charge is 2.52. The molecule has 30 heavy (non-hydrogen) atoms. The third-order valence-corrected chi connectivity index (χ3v) is 7.84. The van der Waals surface area contributed by atoms with Gasteiger partial charge in [0.2, 0.25) is 0 Å². The molecular formula is C22H27BN2O4S. The first-order chi connectivity index (χ1) is 13.8. The molecule has 0 unspecified atom stereocenters. The molecule has 1 aromatic carbocycles. The summed E-state index contributed by atoms with van der Waals surface area (Å²) in [6, 6.07) is 8.74. The Morgan fingerprint density at radius 2 is 1.53 bits per heavy atom. The minimum Gasteiger partial charge on any atom is -0.399 e. The van der Waals surface area contributed by atoms with E-state index in [1.807, 2.05) is 54.5 Å². The summed E-state index contributed by atoms with van der Waals surface area (Å²) >= 11 is 0. The Balaban J connectivity index is 1.96. The molecule has 0 N–H and O–H groups in total. The van der Waals surface area contributed by atoms with E-state index in [0.29, 0.717) is 16.7 Å². The largest absolute Gasteiger partial charge is 0.497 e. The average molecular weight is 426 g/mol. The lowest BCUT2D eigenvalue weighted by molar-refractivity contribution is 0.00578. The van der Waals surface area contributed by atoms with Crippen LogP contribution in [-0.4, -0.2) is 35.7 Å². The Hall–Kier alpha value is -2.16. The van der Waals surface area contributed by atoms with Crippen molar-refractivity contribution in [3.63, 3.8) is 0 Å². The molecule has 158 valence electrons. The first-order valence-corrected chi connectivity index (χ1v) is 11.4. The predicted molar refractivity (Wildman–Crippen MR) is 119 cm³/mol. The number of fused-ring (bicyclic) bond motifs is 1. The van der Waals surface area contributed by atoms with Crippen molar-refractivity contribution in [1.29, 1.82) is 0 Å². The van der Waals surface area contributed by atoms with Crippen molar-refractivity contribution in [3.05, 3.63) is 53.5 Å². The Bertz CT molecular complexity index is 1230. The molecule has 0 spiro atoms. The highest BCUT2D eigenvalue weighted by Crippen LogP contribution is 2.37. The Morgan fingerprint density at radius 3 is 2.10 bits per heavy atom. The first-order valence-electron chi connectivity index (χ1n) is 10.0. The van der Waals surface area contributed by atoms with Crippen molar-refractivity contribution >= 4 is 33.5 Å². The minimum atomic E-state index is -3.82. The van der Waals surface area contributed by atoms with Crippen LogP contribution in [0, 0.1) is 20.8 Å². The topological polar surface area (TPSA) is 70.4 Å². The van der Waals surface area contributed by atoms with Crippen molar-refractivity contribution in [2.45, 2.75) is 64.6 Å². The lowest BCUT2D eigenvalue weighted by Crippen LogP contribution is -2.41. The molecule has 0 radical (unpaired) electrons. The van der Waals surface area contributed by atoms with Gasteiger partial charge in [-0.3, -0.25) is 4.98 Å². The summed E-state index contributed by atoms with van der Waals surface area (Å²) in [5, 5.41) is 0.772. The molecule has 0 bridgehead atoms. The fourth-order valence-corrected chi connectivity index (χ4v) is 5.18. The van der Waals surface area contributed by atoms with E-state index in [9.17, 15) is 8.42 Å². The number of nitrogens with zero attached hydrogens (tertiary/aromatic N) is 2. The van der Waals surface area contributed by atoms with Crippen molar-refractivity contribution in [3.8, 4) is 0 Å². The lowest BCUT2D eigenvalue weighted by Gasteiger charge is -2.32. The van der Waals surface area contributed by atoms with Crippen LogP contribution in [0.4, 0.5) is 0 Å². The first kappa shape index (κ1) is 21.1. The van der Waals surface area contributed by atoms with Gasteiger partial charge in [-0.1, -0.05) is 17.7 Å². The number of hydrogen-bond acceptors (Lipinski definition) is 5. The van der Waals surface area contributed by atoms with E-state index < -0.39 is 28.3 Å². The standard InChI is InChI=1S/C22H27BN2O4S/c1-14-8-10-17(11-9-14)30(26,27)25-13-19(18-12-15(2)24-16(3)20(18)25)23-28-21(4,5)22(6,7)29-23/h8-13H,1-7H3. The van der Waals surface area contributed by atoms with Crippen molar-refractivity contribution in [1.82, 2.24) is 8.96 Å². The molecule has 6 nitrogen and oxygen atoms in total. The maximum Gasteiger partial charge on any atom is 0.497 e. The fraction of sp³-hybridized carbons (Fsp3) is 0.409. The van der Waals surface area contributed by atoms with Gasteiger partial charge in [-0.2, -0.15) is 0 Å². The third kappa shape index (κ3) is 3.18. The van der Waals surface area contributed by atoms with Crippen molar-refractivity contribution < 1.29 is 17.7 Å². The van der Waals surface area contributed by atoms with Gasteiger partial charge >= 0.3 is 7.12 Å². The van der Waals surface area contributed by atoms with Crippen molar-refractivity contribution in [2.75, 3.05) is 0 Å². The molecule has 0 aliphatic carbocycles. The van der Waals surface area contributed by atoms with Crippen LogP contribution in [0.3, 0.4) is 0 Å². The van der Waals surface area contributed by atoms with Crippen LogP contribution in [-0.2, 0) is 19.3 Å². The molecular weight excluding hydrogens is 399 g/mol. The second-order valence-corrected chi connectivity index (χ2v) is 10.8. The maximum atomic E-state index is 13.5. The number of hydrogen-bond donors (Lipinski definition) is 0. The van der Waals surface area contributed by atoms with Gasteiger partial charge in [-0.15, -0.1) is 0 Å². The summed E-state index contributed by atoms with van der Waals surface area (Å²) in [4.78, 5) is 4.74. The van der Waals surface area contributed by atoms with Crippen LogP contribution in [0.5, 0.6) is 0 Å². The second-order valence-electron chi connectivity index (χ2n) is 9.03. The second kappa shape index (κ2) is 6.67. The van der Waals surface area contributed by atoms with Gasteiger partial charge < -0.3 is 9.31 Å². The van der Waals surface area contributed by atoms with Crippen LogP contribution < -0.4 is 5.46 Å². The van der Waals surface area contributed by atoms with E-state index in [1.54, 1.807) is 30.5 Å². The average Bonchev–Trinajstić information content (AvgIpc) is 3.10. The molecule has 1 aliphatic rings. The van der Waals surface area contributed by atoms with E-state index in [-0.39, 0.29) is 4.90 Å².